The summed E-state index contributed by atoms with van der Waals surface area (Å²) in [5.41, 5.74) is 5.03. The fourth-order valence-electron chi connectivity index (χ4n) is 1.50. The highest BCUT2D eigenvalue weighted by Gasteiger charge is 2.30. The number of aliphatic hydroxyl groups is 1. The fraction of sp³-hybridized carbons (Fsp3) is 0.889. The first-order chi connectivity index (χ1) is 7.81. The van der Waals surface area contributed by atoms with Crippen LogP contribution in [0.1, 0.15) is 32.6 Å². The molecule has 0 aliphatic rings. The summed E-state index contributed by atoms with van der Waals surface area (Å²) in [6, 6.07) is 0. The van der Waals surface area contributed by atoms with Crippen molar-refractivity contribution in [2.45, 2.75) is 38.7 Å². The number of amides is 1. The number of hydrogen-bond donors (Lipinski definition) is 3. The molecule has 0 heterocycles. The third-order valence-corrected chi connectivity index (χ3v) is 2.83. The molecule has 0 aromatic heterocycles. The van der Waals surface area contributed by atoms with Gasteiger partial charge in [0.05, 0.1) is 0 Å². The Kier molecular flexibility index (Phi) is 7.28. The third-order valence-electron chi connectivity index (χ3n) is 2.36. The van der Waals surface area contributed by atoms with Crippen LogP contribution in [0.2, 0.25) is 0 Å². The van der Waals surface area contributed by atoms with Gasteiger partial charge in [-0.05, 0) is 6.42 Å². The maximum absolute atomic E-state index is 11.1. The molecule has 2 unspecified atom stereocenters. The van der Waals surface area contributed by atoms with Gasteiger partial charge in [0.2, 0.25) is 5.91 Å². The number of hydrogen-bond acceptors (Lipinski definition) is 5. The Hall–Kier alpha value is -0.700. The Morgan fingerprint density at radius 3 is 2.35 bits per heavy atom. The second-order valence-electron chi connectivity index (χ2n) is 3.85. The Morgan fingerprint density at radius 2 is 2.00 bits per heavy atom. The molecule has 17 heavy (non-hydrogen) atoms. The van der Waals surface area contributed by atoms with Crippen molar-refractivity contribution >= 4 is 16.2 Å². The minimum Gasteiger partial charge on any atom is -0.396 e. The first-order valence-corrected chi connectivity index (χ1v) is 6.90. The van der Waals surface area contributed by atoms with Gasteiger partial charge in [-0.3, -0.25) is 4.79 Å². The lowest BCUT2D eigenvalue weighted by atomic mass is 9.96. The second kappa shape index (κ2) is 7.59. The van der Waals surface area contributed by atoms with Gasteiger partial charge in [-0.2, -0.15) is 8.42 Å². The number of nitrogens with two attached hydrogens (primary N) is 2. The number of carbonyl (C=O) groups excluding carboxylic acids is 1. The molecule has 0 fully saturated rings. The van der Waals surface area contributed by atoms with E-state index in [2.05, 4.69) is 9.32 Å². The van der Waals surface area contributed by atoms with Gasteiger partial charge in [0.15, 0.2) is 6.10 Å². The molecule has 0 bridgehead atoms. The Bertz CT molecular complexity index is 330. The molecule has 7 nitrogen and oxygen atoms in total. The van der Waals surface area contributed by atoms with Crippen LogP contribution in [-0.4, -0.2) is 32.1 Å². The maximum Gasteiger partial charge on any atom is 0.334 e. The maximum atomic E-state index is 11.1. The molecule has 102 valence electrons. The van der Waals surface area contributed by atoms with E-state index in [0.29, 0.717) is 6.42 Å². The zero-order chi connectivity index (χ0) is 13.5. The lowest BCUT2D eigenvalue weighted by Gasteiger charge is -2.21. The molecule has 5 N–H and O–H groups in total. The molecular formula is C9H20N2O5S. The van der Waals surface area contributed by atoms with Crippen molar-refractivity contribution in [2.75, 3.05) is 6.61 Å². The second-order valence-corrected chi connectivity index (χ2v) is 5.03. The molecule has 1 amide bonds. The molecule has 0 radical (unpaired) electrons. The van der Waals surface area contributed by atoms with E-state index in [1.165, 1.54) is 0 Å². The Labute approximate surface area is 101 Å². The molecule has 0 aromatic carbocycles. The van der Waals surface area contributed by atoms with Gasteiger partial charge in [0, 0.05) is 12.5 Å². The summed E-state index contributed by atoms with van der Waals surface area (Å²) in [6.07, 6.45) is 1.67. The predicted molar refractivity (Wildman–Crippen MR) is 61.9 cm³/mol. The van der Waals surface area contributed by atoms with Crippen LogP contribution in [0.25, 0.3) is 0 Å². The zero-order valence-corrected chi connectivity index (χ0v) is 10.6. The predicted octanol–water partition coefficient (Wildman–Crippen LogP) is -0.751. The molecular weight excluding hydrogens is 248 g/mol. The number of rotatable bonds is 9. The van der Waals surface area contributed by atoms with Crippen molar-refractivity contribution in [3.05, 3.63) is 0 Å². The molecule has 0 saturated heterocycles. The van der Waals surface area contributed by atoms with Crippen LogP contribution in [0.4, 0.5) is 0 Å². The van der Waals surface area contributed by atoms with Crippen molar-refractivity contribution in [3.8, 4) is 0 Å². The van der Waals surface area contributed by atoms with Gasteiger partial charge in [-0.25, -0.2) is 9.32 Å². The monoisotopic (exact) mass is 268 g/mol. The van der Waals surface area contributed by atoms with E-state index in [4.69, 9.17) is 10.8 Å². The van der Waals surface area contributed by atoms with Crippen LogP contribution in [0.5, 0.6) is 0 Å². The molecule has 0 rings (SSSR count). The molecule has 0 aromatic rings. The van der Waals surface area contributed by atoms with Crippen molar-refractivity contribution in [3.63, 3.8) is 0 Å². The summed E-state index contributed by atoms with van der Waals surface area (Å²) in [5.74, 6) is -1.60. The first-order valence-electron chi connectivity index (χ1n) is 5.43. The number of primary amides is 1. The molecule has 0 spiro atoms. The summed E-state index contributed by atoms with van der Waals surface area (Å²) in [5, 5.41) is 13.8. The topological polar surface area (TPSA) is 133 Å². The highest BCUT2D eigenvalue weighted by Crippen LogP contribution is 2.17. The quantitative estimate of drug-likeness (QED) is 0.473. The highest BCUT2D eigenvalue weighted by molar-refractivity contribution is 7.84. The largest absolute Gasteiger partial charge is 0.396 e. The summed E-state index contributed by atoms with van der Waals surface area (Å²) in [4.78, 5) is 11.1. The number of unbranched alkanes of at least 4 members (excludes halogenated alkanes) is 2. The van der Waals surface area contributed by atoms with E-state index in [1.54, 1.807) is 0 Å². The summed E-state index contributed by atoms with van der Waals surface area (Å²) >= 11 is 0. The Morgan fingerprint density at radius 1 is 1.41 bits per heavy atom. The summed E-state index contributed by atoms with van der Waals surface area (Å²) in [6.45, 7) is 1.62. The average Bonchev–Trinajstić information content (AvgIpc) is 2.20. The number of carbonyl (C=O) groups is 1. The molecule has 8 heteroatoms. The van der Waals surface area contributed by atoms with Crippen molar-refractivity contribution in [2.24, 2.45) is 16.8 Å². The van der Waals surface area contributed by atoms with E-state index in [-0.39, 0.29) is 6.61 Å². The zero-order valence-electron chi connectivity index (χ0n) is 9.83. The first kappa shape index (κ1) is 16.3. The van der Waals surface area contributed by atoms with Gasteiger partial charge < -0.3 is 10.8 Å². The van der Waals surface area contributed by atoms with Crippen LogP contribution < -0.4 is 10.9 Å². The molecule has 0 saturated carbocycles. The van der Waals surface area contributed by atoms with Crippen LogP contribution in [-0.2, 0) is 19.3 Å². The summed E-state index contributed by atoms with van der Waals surface area (Å²) in [7, 11) is -4.27. The Balaban J connectivity index is 4.58. The van der Waals surface area contributed by atoms with Crippen LogP contribution in [0.15, 0.2) is 0 Å². The van der Waals surface area contributed by atoms with Crippen LogP contribution >= 0.6 is 0 Å². The van der Waals surface area contributed by atoms with E-state index in [0.717, 1.165) is 19.3 Å². The van der Waals surface area contributed by atoms with E-state index >= 15 is 0 Å². The van der Waals surface area contributed by atoms with Crippen LogP contribution in [0.3, 0.4) is 0 Å². The minimum absolute atomic E-state index is 0.382. The smallest absolute Gasteiger partial charge is 0.334 e. The van der Waals surface area contributed by atoms with E-state index in [9.17, 15) is 13.2 Å². The van der Waals surface area contributed by atoms with Gasteiger partial charge in [0.1, 0.15) is 0 Å². The van der Waals surface area contributed by atoms with Crippen molar-refractivity contribution < 1.29 is 22.5 Å². The third kappa shape index (κ3) is 7.27. The fourth-order valence-corrected chi connectivity index (χ4v) is 2.04. The van der Waals surface area contributed by atoms with Gasteiger partial charge in [0.25, 0.3) is 0 Å². The van der Waals surface area contributed by atoms with Crippen LogP contribution in [0, 0.1) is 5.92 Å². The normalized spacial score (nSPS) is 15.5. The SMILES string of the molecule is CCCCCC(CO)C(OS(N)(=O)=O)C(N)=O. The minimum atomic E-state index is -4.27. The molecule has 0 aliphatic heterocycles. The van der Waals surface area contributed by atoms with E-state index < -0.39 is 28.2 Å². The van der Waals surface area contributed by atoms with E-state index in [1.807, 2.05) is 6.92 Å². The van der Waals surface area contributed by atoms with Gasteiger partial charge in [-0.1, -0.05) is 26.2 Å². The lowest BCUT2D eigenvalue weighted by molar-refractivity contribution is -0.127. The molecule has 2 atom stereocenters. The lowest BCUT2D eigenvalue weighted by Crippen LogP contribution is -2.42. The summed E-state index contributed by atoms with van der Waals surface area (Å²) < 4.78 is 25.9. The average molecular weight is 268 g/mol. The van der Waals surface area contributed by atoms with Gasteiger partial charge in [-0.15, -0.1) is 0 Å². The van der Waals surface area contributed by atoms with Crippen molar-refractivity contribution in [1.29, 1.82) is 0 Å². The highest BCUT2D eigenvalue weighted by atomic mass is 32.2. The number of aliphatic hydroxyl groups excluding tert-OH is 1. The standard InChI is InChI=1S/C9H20N2O5S/c1-2-3-4-5-7(6-12)8(9(10)13)16-17(11,14)15/h7-8,12H,2-6H2,1H3,(H2,10,13)(H2,11,14,15). The van der Waals surface area contributed by atoms with Crippen molar-refractivity contribution in [1.82, 2.24) is 0 Å². The molecule has 0 aliphatic carbocycles. The van der Waals surface area contributed by atoms with Gasteiger partial charge >= 0.3 is 10.3 Å².